The first kappa shape index (κ1) is 21.3. The zero-order valence-corrected chi connectivity index (χ0v) is 18.4. The summed E-state index contributed by atoms with van der Waals surface area (Å²) >= 11 is 2.16. The predicted molar refractivity (Wildman–Crippen MR) is 120 cm³/mol. The summed E-state index contributed by atoms with van der Waals surface area (Å²) in [4.78, 5) is 12.7. The van der Waals surface area contributed by atoms with Crippen LogP contribution in [0.4, 0.5) is 15.8 Å². The largest absolute Gasteiger partial charge is 0.324 e. The van der Waals surface area contributed by atoms with E-state index in [0.29, 0.717) is 5.69 Å². The molecule has 0 aliphatic heterocycles. The fraction of sp³-hybridized carbons (Fsp3) is 0.0952. The molecule has 0 radical (unpaired) electrons. The van der Waals surface area contributed by atoms with Crippen LogP contribution in [0, 0.1) is 16.3 Å². The van der Waals surface area contributed by atoms with Gasteiger partial charge in [0.05, 0.1) is 10.6 Å². The van der Waals surface area contributed by atoms with E-state index in [1.54, 1.807) is 24.3 Å². The van der Waals surface area contributed by atoms with Gasteiger partial charge in [-0.2, -0.15) is 0 Å². The summed E-state index contributed by atoms with van der Waals surface area (Å²) in [7, 11) is -4.15. The third kappa shape index (κ3) is 4.94. The van der Waals surface area contributed by atoms with E-state index in [0.717, 1.165) is 19.5 Å². The van der Waals surface area contributed by atoms with Crippen molar-refractivity contribution >= 4 is 49.9 Å². The van der Waals surface area contributed by atoms with Crippen molar-refractivity contribution in [3.05, 3.63) is 87.7 Å². The summed E-state index contributed by atoms with van der Waals surface area (Å²) in [6.45, 7) is 1.27. The number of nitrogens with zero attached hydrogens (tertiary/aromatic N) is 1. The lowest BCUT2D eigenvalue weighted by molar-refractivity contribution is -0.114. The van der Waals surface area contributed by atoms with Crippen molar-refractivity contribution in [1.82, 2.24) is 0 Å². The SMILES string of the molecule is Cc1cc(I)ccc1NC(=O)CN(c1ccccc1F)S(=O)(=O)c1ccccc1. The number of nitrogens with one attached hydrogen (secondary N) is 1. The molecule has 3 aromatic carbocycles. The summed E-state index contributed by atoms with van der Waals surface area (Å²) in [6, 6.07) is 18.6. The molecule has 0 atom stereocenters. The Kier molecular flexibility index (Phi) is 6.53. The average Bonchev–Trinajstić information content (AvgIpc) is 2.69. The predicted octanol–water partition coefficient (Wildman–Crippen LogP) is 4.57. The summed E-state index contributed by atoms with van der Waals surface area (Å²) in [5.74, 6) is -1.30. The molecule has 0 aliphatic carbocycles. The highest BCUT2D eigenvalue weighted by Crippen LogP contribution is 2.26. The molecule has 1 N–H and O–H groups in total. The zero-order valence-electron chi connectivity index (χ0n) is 15.5. The Morgan fingerprint density at radius 2 is 1.69 bits per heavy atom. The summed E-state index contributed by atoms with van der Waals surface area (Å²) in [5.41, 5.74) is 1.22. The second kappa shape index (κ2) is 8.91. The highest BCUT2D eigenvalue weighted by Gasteiger charge is 2.29. The lowest BCUT2D eigenvalue weighted by atomic mass is 10.2. The minimum absolute atomic E-state index is 0.0264. The van der Waals surface area contributed by atoms with E-state index in [4.69, 9.17) is 0 Å². The minimum Gasteiger partial charge on any atom is -0.324 e. The van der Waals surface area contributed by atoms with Crippen LogP contribution in [0.1, 0.15) is 5.56 Å². The molecule has 0 fully saturated rings. The van der Waals surface area contributed by atoms with E-state index >= 15 is 0 Å². The molecule has 1 amide bonds. The van der Waals surface area contributed by atoms with E-state index in [2.05, 4.69) is 27.9 Å². The van der Waals surface area contributed by atoms with Gasteiger partial charge in [0.25, 0.3) is 10.0 Å². The molecule has 0 aliphatic rings. The number of anilines is 2. The monoisotopic (exact) mass is 524 g/mol. The molecule has 0 spiro atoms. The molecular formula is C21H18FIN2O3S. The molecule has 0 saturated heterocycles. The van der Waals surface area contributed by atoms with Crippen LogP contribution >= 0.6 is 22.6 Å². The summed E-state index contributed by atoms with van der Waals surface area (Å²) < 4.78 is 42.6. The Morgan fingerprint density at radius 3 is 2.34 bits per heavy atom. The maximum Gasteiger partial charge on any atom is 0.264 e. The van der Waals surface area contributed by atoms with Gasteiger partial charge in [0.1, 0.15) is 12.4 Å². The maximum absolute atomic E-state index is 14.4. The molecule has 0 unspecified atom stereocenters. The summed E-state index contributed by atoms with van der Waals surface area (Å²) in [5, 5.41) is 2.71. The number of hydrogen-bond donors (Lipinski definition) is 1. The topological polar surface area (TPSA) is 66.5 Å². The molecule has 3 rings (SSSR count). The van der Waals surface area contributed by atoms with Gasteiger partial charge in [0.2, 0.25) is 5.91 Å². The number of aryl methyl sites for hydroxylation is 1. The quantitative estimate of drug-likeness (QED) is 0.481. The van der Waals surface area contributed by atoms with Gasteiger partial charge in [-0.05, 0) is 77.5 Å². The lowest BCUT2D eigenvalue weighted by Gasteiger charge is -2.24. The number of para-hydroxylation sites is 1. The number of halogens is 2. The van der Waals surface area contributed by atoms with Crippen molar-refractivity contribution in [3.8, 4) is 0 Å². The van der Waals surface area contributed by atoms with Crippen LogP contribution in [0.5, 0.6) is 0 Å². The fourth-order valence-corrected chi connectivity index (χ4v) is 4.86. The minimum atomic E-state index is -4.15. The Morgan fingerprint density at radius 1 is 1.03 bits per heavy atom. The normalized spacial score (nSPS) is 11.1. The molecule has 150 valence electrons. The molecule has 8 heteroatoms. The number of carbonyl (C=O) groups excluding carboxylic acids is 1. The zero-order chi connectivity index (χ0) is 21.0. The molecular weight excluding hydrogens is 506 g/mol. The highest BCUT2D eigenvalue weighted by molar-refractivity contribution is 14.1. The third-order valence-electron chi connectivity index (χ3n) is 4.20. The molecule has 5 nitrogen and oxygen atoms in total. The van der Waals surface area contributed by atoms with Gasteiger partial charge in [0, 0.05) is 9.26 Å². The number of rotatable bonds is 6. The molecule has 0 aromatic heterocycles. The van der Waals surface area contributed by atoms with E-state index in [9.17, 15) is 17.6 Å². The maximum atomic E-state index is 14.4. The van der Waals surface area contributed by atoms with Gasteiger partial charge in [-0.3, -0.25) is 9.10 Å². The molecule has 3 aromatic rings. The van der Waals surface area contributed by atoms with Crippen molar-refractivity contribution in [2.45, 2.75) is 11.8 Å². The van der Waals surface area contributed by atoms with Gasteiger partial charge in [-0.25, -0.2) is 12.8 Å². The first-order chi connectivity index (χ1) is 13.8. The van der Waals surface area contributed by atoms with E-state index in [-0.39, 0.29) is 10.6 Å². The van der Waals surface area contributed by atoms with Gasteiger partial charge >= 0.3 is 0 Å². The Labute approximate surface area is 182 Å². The smallest absolute Gasteiger partial charge is 0.264 e. The molecule has 29 heavy (non-hydrogen) atoms. The first-order valence-electron chi connectivity index (χ1n) is 8.67. The standard InChI is InChI=1S/C21H18FIN2O3S/c1-15-13-16(23)11-12-19(15)24-21(26)14-25(20-10-6-5-9-18(20)22)29(27,28)17-7-3-2-4-8-17/h2-13H,14H2,1H3,(H,24,26). The molecule has 0 saturated carbocycles. The number of hydrogen-bond acceptors (Lipinski definition) is 3. The fourth-order valence-electron chi connectivity index (χ4n) is 2.76. The number of amides is 1. The van der Waals surface area contributed by atoms with Crippen molar-refractivity contribution < 1.29 is 17.6 Å². The Hall–Kier alpha value is -2.46. The van der Waals surface area contributed by atoms with E-state index < -0.39 is 28.3 Å². The Balaban J connectivity index is 1.96. The van der Waals surface area contributed by atoms with Crippen LogP contribution in [0.3, 0.4) is 0 Å². The van der Waals surface area contributed by atoms with Crippen molar-refractivity contribution in [2.75, 3.05) is 16.2 Å². The van der Waals surface area contributed by atoms with Crippen LogP contribution in [0.25, 0.3) is 0 Å². The van der Waals surface area contributed by atoms with Crippen molar-refractivity contribution in [1.29, 1.82) is 0 Å². The van der Waals surface area contributed by atoms with Crippen LogP contribution in [0.15, 0.2) is 77.7 Å². The van der Waals surface area contributed by atoms with Crippen LogP contribution in [-0.2, 0) is 14.8 Å². The van der Waals surface area contributed by atoms with Crippen LogP contribution < -0.4 is 9.62 Å². The first-order valence-corrected chi connectivity index (χ1v) is 11.2. The summed E-state index contributed by atoms with van der Waals surface area (Å²) in [6.07, 6.45) is 0. The highest BCUT2D eigenvalue weighted by atomic mass is 127. The molecule has 0 heterocycles. The number of carbonyl (C=O) groups is 1. The van der Waals surface area contributed by atoms with Gasteiger partial charge in [-0.1, -0.05) is 30.3 Å². The average molecular weight is 524 g/mol. The van der Waals surface area contributed by atoms with Crippen LogP contribution in [0.2, 0.25) is 0 Å². The number of benzene rings is 3. The second-order valence-corrected chi connectivity index (χ2v) is 9.39. The van der Waals surface area contributed by atoms with Crippen LogP contribution in [-0.4, -0.2) is 20.9 Å². The lowest BCUT2D eigenvalue weighted by Crippen LogP contribution is -2.38. The van der Waals surface area contributed by atoms with Crippen molar-refractivity contribution in [2.24, 2.45) is 0 Å². The van der Waals surface area contributed by atoms with Gasteiger partial charge in [-0.15, -0.1) is 0 Å². The van der Waals surface area contributed by atoms with Gasteiger partial charge in [0.15, 0.2) is 0 Å². The number of sulfonamides is 1. The van der Waals surface area contributed by atoms with E-state index in [1.807, 2.05) is 19.1 Å². The van der Waals surface area contributed by atoms with Crippen molar-refractivity contribution in [3.63, 3.8) is 0 Å². The third-order valence-corrected chi connectivity index (χ3v) is 6.65. The second-order valence-electron chi connectivity index (χ2n) is 6.28. The molecule has 0 bridgehead atoms. The van der Waals surface area contributed by atoms with E-state index in [1.165, 1.54) is 30.3 Å². The Bertz CT molecular complexity index is 1140. The van der Waals surface area contributed by atoms with Gasteiger partial charge < -0.3 is 5.32 Å².